The number of aromatic nitrogens is 2. The van der Waals surface area contributed by atoms with Gasteiger partial charge in [-0.1, -0.05) is 25.1 Å². The maximum Gasteiger partial charge on any atom is 0.407 e. The van der Waals surface area contributed by atoms with Gasteiger partial charge in [-0.05, 0) is 63.4 Å². The average molecular weight is 477 g/mol. The normalized spacial score (nSPS) is 11.1. The molecular weight excluding hydrogens is 444 g/mol. The first kappa shape index (κ1) is 25.7. The molecular formula is C27H32N4O4. The molecule has 2 amide bonds. The maximum atomic E-state index is 12.3. The largest absolute Gasteiger partial charge is 0.508 e. The molecule has 3 rings (SSSR count). The van der Waals surface area contributed by atoms with Gasteiger partial charge >= 0.3 is 6.09 Å². The number of benzene rings is 1. The van der Waals surface area contributed by atoms with Crippen LogP contribution in [0.25, 0.3) is 22.3 Å². The fourth-order valence-electron chi connectivity index (χ4n) is 3.72. The summed E-state index contributed by atoms with van der Waals surface area (Å²) in [6, 6.07) is 10.4. The lowest BCUT2D eigenvalue weighted by molar-refractivity contribution is 0.0523. The third-order valence-corrected chi connectivity index (χ3v) is 5.22. The van der Waals surface area contributed by atoms with E-state index in [4.69, 9.17) is 4.74 Å². The Labute approximate surface area is 205 Å². The van der Waals surface area contributed by atoms with Crippen LogP contribution < -0.4 is 10.6 Å². The number of hydrogen-bond acceptors (Lipinski definition) is 6. The molecule has 0 atom stereocenters. The number of rotatable bonds is 7. The van der Waals surface area contributed by atoms with Crippen molar-refractivity contribution < 1.29 is 19.4 Å². The van der Waals surface area contributed by atoms with Crippen LogP contribution in [0.1, 0.15) is 56.4 Å². The van der Waals surface area contributed by atoms with Gasteiger partial charge < -0.3 is 20.5 Å². The van der Waals surface area contributed by atoms with Crippen molar-refractivity contribution in [3.8, 4) is 28.0 Å². The minimum absolute atomic E-state index is 0.162. The second kappa shape index (κ2) is 11.0. The van der Waals surface area contributed by atoms with Gasteiger partial charge in [-0.3, -0.25) is 14.8 Å². The summed E-state index contributed by atoms with van der Waals surface area (Å²) in [5, 5.41) is 15.3. The number of hydrogen-bond donors (Lipinski definition) is 3. The molecule has 0 aliphatic heterocycles. The molecule has 3 aromatic rings. The van der Waals surface area contributed by atoms with Crippen LogP contribution in [0.2, 0.25) is 0 Å². The lowest BCUT2D eigenvalue weighted by Gasteiger charge is -2.21. The Balaban J connectivity index is 2.04. The van der Waals surface area contributed by atoms with Crippen LogP contribution in [-0.4, -0.2) is 39.2 Å². The number of phenolic OH excluding ortho intramolecular Hbond substituents is 1. The van der Waals surface area contributed by atoms with E-state index in [0.29, 0.717) is 24.4 Å². The molecule has 0 spiro atoms. The van der Waals surface area contributed by atoms with Crippen LogP contribution in [-0.2, 0) is 17.7 Å². The number of pyridine rings is 2. The van der Waals surface area contributed by atoms with Crippen LogP contribution >= 0.6 is 0 Å². The molecule has 0 unspecified atom stereocenters. The molecule has 2 heterocycles. The smallest absolute Gasteiger partial charge is 0.407 e. The highest BCUT2D eigenvalue weighted by Crippen LogP contribution is 2.35. The number of amides is 2. The number of aromatic hydroxyl groups is 1. The van der Waals surface area contributed by atoms with E-state index in [-0.39, 0.29) is 18.2 Å². The molecule has 35 heavy (non-hydrogen) atoms. The number of phenols is 1. The van der Waals surface area contributed by atoms with Crippen LogP contribution in [0.5, 0.6) is 5.75 Å². The zero-order valence-electron chi connectivity index (χ0n) is 20.8. The molecule has 1 aromatic carbocycles. The molecule has 184 valence electrons. The molecule has 8 heteroatoms. The maximum absolute atomic E-state index is 12.3. The van der Waals surface area contributed by atoms with E-state index in [9.17, 15) is 14.7 Å². The van der Waals surface area contributed by atoms with E-state index in [0.717, 1.165) is 27.8 Å². The number of nitrogens with zero attached hydrogens (tertiary/aromatic N) is 2. The number of ether oxygens (including phenoxy) is 1. The van der Waals surface area contributed by atoms with Crippen LogP contribution in [0, 0.1) is 0 Å². The SMILES string of the molecule is CCNC(=O)c1ccc(-c2cnc(CNC(=O)OC(C)(C)C)c(-c3ccc(O)cc3)c2CC)cn1. The van der Waals surface area contributed by atoms with Gasteiger partial charge in [0.25, 0.3) is 5.91 Å². The van der Waals surface area contributed by atoms with E-state index in [1.165, 1.54) is 0 Å². The van der Waals surface area contributed by atoms with Gasteiger partial charge in [0.2, 0.25) is 0 Å². The average Bonchev–Trinajstić information content (AvgIpc) is 2.82. The number of nitrogens with one attached hydrogen (secondary N) is 2. The first-order valence-electron chi connectivity index (χ1n) is 11.6. The lowest BCUT2D eigenvalue weighted by atomic mass is 9.90. The van der Waals surface area contributed by atoms with Crippen LogP contribution in [0.15, 0.2) is 48.8 Å². The summed E-state index contributed by atoms with van der Waals surface area (Å²) in [6.45, 7) is 10.0. The summed E-state index contributed by atoms with van der Waals surface area (Å²) in [5.74, 6) is -0.0595. The Morgan fingerprint density at radius 2 is 1.63 bits per heavy atom. The van der Waals surface area contributed by atoms with E-state index >= 15 is 0 Å². The van der Waals surface area contributed by atoms with Crippen molar-refractivity contribution in [3.05, 3.63) is 65.7 Å². The van der Waals surface area contributed by atoms with Crippen molar-refractivity contribution in [1.29, 1.82) is 0 Å². The first-order valence-corrected chi connectivity index (χ1v) is 11.6. The van der Waals surface area contributed by atoms with E-state index in [2.05, 4.69) is 20.6 Å². The third kappa shape index (κ3) is 6.56. The summed E-state index contributed by atoms with van der Waals surface area (Å²) in [5.41, 5.74) is 4.87. The number of carbonyl (C=O) groups is 2. The van der Waals surface area contributed by atoms with Gasteiger partial charge in [0.05, 0.1) is 12.2 Å². The fourth-order valence-corrected chi connectivity index (χ4v) is 3.72. The van der Waals surface area contributed by atoms with Gasteiger partial charge in [0, 0.05) is 35.6 Å². The molecule has 0 saturated heterocycles. The molecule has 0 aliphatic rings. The third-order valence-electron chi connectivity index (χ3n) is 5.22. The topological polar surface area (TPSA) is 113 Å². The highest BCUT2D eigenvalue weighted by molar-refractivity contribution is 5.92. The van der Waals surface area contributed by atoms with E-state index < -0.39 is 11.7 Å². The minimum atomic E-state index is -0.608. The van der Waals surface area contributed by atoms with Crippen LogP contribution in [0.4, 0.5) is 4.79 Å². The summed E-state index contributed by atoms with van der Waals surface area (Å²) < 4.78 is 5.37. The van der Waals surface area contributed by atoms with Crippen molar-refractivity contribution in [1.82, 2.24) is 20.6 Å². The quantitative estimate of drug-likeness (QED) is 0.449. The lowest BCUT2D eigenvalue weighted by Crippen LogP contribution is -2.32. The molecule has 0 bridgehead atoms. The van der Waals surface area contributed by atoms with Gasteiger partial charge in [-0.25, -0.2) is 4.79 Å². The Morgan fingerprint density at radius 1 is 0.943 bits per heavy atom. The summed E-state index contributed by atoms with van der Waals surface area (Å²) in [7, 11) is 0. The number of alkyl carbamates (subject to hydrolysis) is 1. The molecule has 2 aromatic heterocycles. The Kier molecular flexibility index (Phi) is 8.06. The van der Waals surface area contributed by atoms with Gasteiger partial charge in [-0.2, -0.15) is 0 Å². The van der Waals surface area contributed by atoms with Crippen molar-refractivity contribution >= 4 is 12.0 Å². The second-order valence-corrected chi connectivity index (χ2v) is 9.02. The molecule has 8 nitrogen and oxygen atoms in total. The minimum Gasteiger partial charge on any atom is -0.508 e. The summed E-state index contributed by atoms with van der Waals surface area (Å²) in [6.07, 6.45) is 3.59. The predicted octanol–water partition coefficient (Wildman–Crippen LogP) is 4.85. The second-order valence-electron chi connectivity index (χ2n) is 9.02. The highest BCUT2D eigenvalue weighted by atomic mass is 16.6. The van der Waals surface area contributed by atoms with E-state index in [1.54, 1.807) is 30.6 Å². The zero-order valence-corrected chi connectivity index (χ0v) is 20.8. The van der Waals surface area contributed by atoms with Crippen molar-refractivity contribution in [2.24, 2.45) is 0 Å². The Morgan fingerprint density at radius 3 is 2.20 bits per heavy atom. The molecule has 3 N–H and O–H groups in total. The zero-order chi connectivity index (χ0) is 25.6. The monoisotopic (exact) mass is 476 g/mol. The van der Waals surface area contributed by atoms with Gasteiger partial charge in [-0.15, -0.1) is 0 Å². The molecule has 0 radical (unpaired) electrons. The summed E-state index contributed by atoms with van der Waals surface area (Å²) >= 11 is 0. The standard InChI is InChI=1S/C27H32N4O4/c1-6-20-21(18-10-13-22(29-14-18)25(33)28-7-2)15-30-23(16-31-26(34)35-27(3,4)5)24(20)17-8-11-19(32)12-9-17/h8-15,32H,6-7,16H2,1-5H3,(H,28,33)(H,31,34). The van der Waals surface area contributed by atoms with E-state index in [1.807, 2.05) is 52.8 Å². The Hall–Kier alpha value is -3.94. The summed E-state index contributed by atoms with van der Waals surface area (Å²) in [4.78, 5) is 33.4. The van der Waals surface area contributed by atoms with Gasteiger partial charge in [0.1, 0.15) is 17.0 Å². The molecule has 0 saturated carbocycles. The van der Waals surface area contributed by atoms with Gasteiger partial charge in [0.15, 0.2) is 0 Å². The van der Waals surface area contributed by atoms with Crippen LogP contribution in [0.3, 0.4) is 0 Å². The first-order chi connectivity index (χ1) is 16.6. The predicted molar refractivity (Wildman–Crippen MR) is 135 cm³/mol. The van der Waals surface area contributed by atoms with Crippen molar-refractivity contribution in [2.45, 2.75) is 53.2 Å². The molecule has 0 aliphatic carbocycles. The molecule has 0 fully saturated rings. The fraction of sp³-hybridized carbons (Fsp3) is 0.333. The highest BCUT2D eigenvalue weighted by Gasteiger charge is 2.20. The Bertz CT molecular complexity index is 1180. The number of carbonyl (C=O) groups excluding carboxylic acids is 2. The van der Waals surface area contributed by atoms with Crippen molar-refractivity contribution in [2.75, 3.05) is 6.54 Å². The van der Waals surface area contributed by atoms with Crippen molar-refractivity contribution in [3.63, 3.8) is 0 Å².